The van der Waals surface area contributed by atoms with Gasteiger partial charge in [-0.1, -0.05) is 12.8 Å². The maximum Gasteiger partial charge on any atom is 0.220 e. The van der Waals surface area contributed by atoms with Crippen LogP contribution in [0.25, 0.3) is 0 Å². The molecule has 0 bridgehead atoms. The van der Waals surface area contributed by atoms with Gasteiger partial charge in [0.05, 0.1) is 6.10 Å². The van der Waals surface area contributed by atoms with Crippen molar-refractivity contribution in [1.82, 2.24) is 5.32 Å². The van der Waals surface area contributed by atoms with E-state index in [1.165, 1.54) is 31.2 Å². The molecule has 1 saturated heterocycles. The Bertz CT molecular complexity index is 507. The number of hydrogen-bond acceptors (Lipinski definition) is 3. The summed E-state index contributed by atoms with van der Waals surface area (Å²) in [7, 11) is 0. The van der Waals surface area contributed by atoms with Gasteiger partial charge in [-0.05, 0) is 48.1 Å². The molecule has 114 valence electrons. The van der Waals surface area contributed by atoms with Crippen LogP contribution in [0, 0.1) is 11.3 Å². The van der Waals surface area contributed by atoms with E-state index in [1.807, 2.05) is 0 Å². The number of carbonyl (C=O) groups is 1. The van der Waals surface area contributed by atoms with Gasteiger partial charge in [0.25, 0.3) is 0 Å². The number of thiophene rings is 1. The van der Waals surface area contributed by atoms with Crippen molar-refractivity contribution in [2.24, 2.45) is 11.3 Å². The Labute approximate surface area is 130 Å². The fraction of sp³-hybridized carbons (Fsp3) is 0.706. The highest BCUT2D eigenvalue weighted by Crippen LogP contribution is 2.60. The predicted molar refractivity (Wildman–Crippen MR) is 83.3 cm³/mol. The highest BCUT2D eigenvalue weighted by molar-refractivity contribution is 7.07. The minimum atomic E-state index is 0.225. The number of aryl methyl sites for hydroxylation is 1. The van der Waals surface area contributed by atoms with E-state index in [-0.39, 0.29) is 11.3 Å². The van der Waals surface area contributed by atoms with E-state index in [0.717, 1.165) is 19.4 Å². The minimum absolute atomic E-state index is 0.225. The van der Waals surface area contributed by atoms with Crippen molar-refractivity contribution in [3.05, 3.63) is 22.4 Å². The minimum Gasteiger partial charge on any atom is -0.377 e. The van der Waals surface area contributed by atoms with Gasteiger partial charge >= 0.3 is 0 Å². The lowest BCUT2D eigenvalue weighted by Crippen LogP contribution is -2.68. The predicted octanol–water partition coefficient (Wildman–Crippen LogP) is 3.14. The van der Waals surface area contributed by atoms with Crippen LogP contribution in [0.2, 0.25) is 0 Å². The van der Waals surface area contributed by atoms with E-state index in [2.05, 4.69) is 22.1 Å². The van der Waals surface area contributed by atoms with Gasteiger partial charge in [0.1, 0.15) is 0 Å². The van der Waals surface area contributed by atoms with Crippen LogP contribution in [-0.2, 0) is 16.0 Å². The summed E-state index contributed by atoms with van der Waals surface area (Å²) in [6.07, 6.45) is 8.11. The van der Waals surface area contributed by atoms with Crippen molar-refractivity contribution in [3.8, 4) is 0 Å². The molecule has 1 spiro atoms. The summed E-state index contributed by atoms with van der Waals surface area (Å²) < 4.78 is 5.97. The fourth-order valence-electron chi connectivity index (χ4n) is 4.84. The summed E-state index contributed by atoms with van der Waals surface area (Å²) in [4.78, 5) is 12.3. The zero-order valence-electron chi connectivity index (χ0n) is 12.3. The molecule has 1 aromatic heterocycles. The first kappa shape index (κ1) is 13.8. The second kappa shape index (κ2) is 5.40. The molecular weight excluding hydrogens is 282 g/mol. The van der Waals surface area contributed by atoms with Crippen LogP contribution in [0.1, 0.15) is 44.1 Å². The van der Waals surface area contributed by atoms with Crippen LogP contribution in [-0.4, -0.2) is 24.7 Å². The Hall–Kier alpha value is -0.870. The van der Waals surface area contributed by atoms with Crippen molar-refractivity contribution >= 4 is 17.2 Å². The molecule has 2 saturated carbocycles. The molecule has 3 nitrogen and oxygen atoms in total. The van der Waals surface area contributed by atoms with Crippen LogP contribution in [0.4, 0.5) is 0 Å². The van der Waals surface area contributed by atoms with Crippen molar-refractivity contribution in [2.75, 3.05) is 6.61 Å². The zero-order valence-corrected chi connectivity index (χ0v) is 13.2. The number of hydrogen-bond donors (Lipinski definition) is 1. The normalized spacial score (nSPS) is 32.9. The summed E-state index contributed by atoms with van der Waals surface area (Å²) >= 11 is 1.70. The molecule has 0 radical (unpaired) electrons. The Kier molecular flexibility index (Phi) is 3.54. The van der Waals surface area contributed by atoms with Crippen molar-refractivity contribution < 1.29 is 9.53 Å². The smallest absolute Gasteiger partial charge is 0.220 e. The molecule has 0 aromatic carbocycles. The molecule has 3 aliphatic rings. The largest absolute Gasteiger partial charge is 0.377 e. The molecule has 2 aliphatic carbocycles. The van der Waals surface area contributed by atoms with Gasteiger partial charge in [-0.2, -0.15) is 11.3 Å². The van der Waals surface area contributed by atoms with E-state index < -0.39 is 0 Å². The molecule has 3 fully saturated rings. The maximum atomic E-state index is 12.3. The quantitative estimate of drug-likeness (QED) is 0.928. The van der Waals surface area contributed by atoms with E-state index in [0.29, 0.717) is 24.5 Å². The molecule has 3 atom stereocenters. The Morgan fingerprint density at radius 3 is 3.05 bits per heavy atom. The first-order chi connectivity index (χ1) is 10.3. The van der Waals surface area contributed by atoms with E-state index in [1.54, 1.807) is 11.3 Å². The molecule has 4 rings (SSSR count). The topological polar surface area (TPSA) is 38.3 Å². The van der Waals surface area contributed by atoms with Gasteiger partial charge in [-0.3, -0.25) is 4.79 Å². The average molecular weight is 305 g/mol. The van der Waals surface area contributed by atoms with Crippen LogP contribution in [0.5, 0.6) is 0 Å². The first-order valence-corrected chi connectivity index (χ1v) is 9.16. The third kappa shape index (κ3) is 2.23. The lowest BCUT2D eigenvalue weighted by Gasteiger charge is -2.56. The highest BCUT2D eigenvalue weighted by Gasteiger charge is 2.65. The summed E-state index contributed by atoms with van der Waals surface area (Å²) in [5.74, 6) is 0.802. The molecule has 1 N–H and O–H groups in total. The Balaban J connectivity index is 1.38. The maximum absolute atomic E-state index is 12.3. The summed E-state index contributed by atoms with van der Waals surface area (Å²) in [5.41, 5.74) is 1.56. The third-order valence-corrected chi connectivity index (χ3v) is 6.56. The van der Waals surface area contributed by atoms with Crippen LogP contribution < -0.4 is 5.32 Å². The second-order valence-electron chi connectivity index (χ2n) is 6.86. The molecule has 1 aliphatic heterocycles. The van der Waals surface area contributed by atoms with E-state index in [4.69, 9.17) is 4.74 Å². The molecule has 21 heavy (non-hydrogen) atoms. The Morgan fingerprint density at radius 2 is 2.29 bits per heavy atom. The van der Waals surface area contributed by atoms with Gasteiger partial charge in [-0.25, -0.2) is 0 Å². The zero-order chi connectivity index (χ0) is 14.3. The van der Waals surface area contributed by atoms with E-state index >= 15 is 0 Å². The van der Waals surface area contributed by atoms with Crippen molar-refractivity contribution in [3.63, 3.8) is 0 Å². The van der Waals surface area contributed by atoms with Crippen LogP contribution >= 0.6 is 11.3 Å². The molecule has 1 aromatic rings. The summed E-state index contributed by atoms with van der Waals surface area (Å²) in [6, 6.07) is 2.49. The molecule has 4 heteroatoms. The summed E-state index contributed by atoms with van der Waals surface area (Å²) in [5, 5.41) is 7.58. The number of fused-ring (bicyclic) bond motifs is 2. The molecule has 0 unspecified atom stereocenters. The number of amides is 1. The van der Waals surface area contributed by atoms with Gasteiger partial charge in [0.15, 0.2) is 0 Å². The number of ether oxygens (including phenoxy) is 1. The highest BCUT2D eigenvalue weighted by atomic mass is 32.1. The Morgan fingerprint density at radius 1 is 1.43 bits per heavy atom. The molecule has 2 heterocycles. The average Bonchev–Trinajstić information content (AvgIpc) is 3.22. The third-order valence-electron chi connectivity index (χ3n) is 5.82. The van der Waals surface area contributed by atoms with Gasteiger partial charge in [-0.15, -0.1) is 0 Å². The van der Waals surface area contributed by atoms with Crippen molar-refractivity contribution in [1.29, 1.82) is 0 Å². The van der Waals surface area contributed by atoms with Crippen molar-refractivity contribution in [2.45, 2.75) is 57.1 Å². The summed E-state index contributed by atoms with van der Waals surface area (Å²) in [6.45, 7) is 0.887. The second-order valence-corrected chi connectivity index (χ2v) is 7.64. The lowest BCUT2D eigenvalue weighted by molar-refractivity contribution is -0.145. The lowest BCUT2D eigenvalue weighted by atomic mass is 9.54. The van der Waals surface area contributed by atoms with Gasteiger partial charge < -0.3 is 10.1 Å². The van der Waals surface area contributed by atoms with E-state index in [9.17, 15) is 4.79 Å². The first-order valence-electron chi connectivity index (χ1n) is 8.22. The monoisotopic (exact) mass is 305 g/mol. The number of carbonyl (C=O) groups excluding carboxylic acids is 1. The van der Waals surface area contributed by atoms with Crippen LogP contribution in [0.3, 0.4) is 0 Å². The van der Waals surface area contributed by atoms with Gasteiger partial charge in [0.2, 0.25) is 5.91 Å². The van der Waals surface area contributed by atoms with Crippen LogP contribution in [0.15, 0.2) is 16.8 Å². The molecular formula is C17H23NO2S. The standard InChI is InChI=1S/C17H23NO2S/c19-14(4-3-12-6-10-21-11-12)18-15-13-5-9-20-16(13)17(15)7-1-2-8-17/h6,10-11,13,15-16H,1-5,7-9H2,(H,18,19)/t13-,15-,16-/m1/s1. The molecule has 1 amide bonds. The fourth-order valence-corrected chi connectivity index (χ4v) is 5.55. The SMILES string of the molecule is O=C(CCc1ccsc1)N[C@@H]1[C@H]2CCO[C@H]2C12CCCC2. The number of rotatable bonds is 4. The number of nitrogens with one attached hydrogen (secondary N) is 1. The van der Waals surface area contributed by atoms with Gasteiger partial charge in [0, 0.05) is 30.4 Å².